The van der Waals surface area contributed by atoms with Crippen LogP contribution in [0.1, 0.15) is 44.0 Å². The third-order valence-electron chi connectivity index (χ3n) is 4.84. The lowest BCUT2D eigenvalue weighted by Gasteiger charge is -2.23. The molecular formula is C19H33ClN4O3S. The molecule has 1 amide bonds. The SMILES string of the molecule is CCNCCNC(=O)c1cc(S(=O)(=O)N(CC)CC)ccc1N1CCCC1.Cl. The molecule has 0 saturated carbocycles. The number of benzene rings is 1. The standard InChI is InChI=1S/C19H32N4O3S.ClH/c1-4-20-11-12-21-19(24)17-15-16(27(25,26)23(5-2)6-3)9-10-18(17)22-13-7-8-14-22;/h9-10,15,20H,4-8,11-14H2,1-3H3,(H,21,24);1H. The molecule has 2 N–H and O–H groups in total. The molecule has 1 aromatic rings. The van der Waals surface area contributed by atoms with Crippen LogP contribution < -0.4 is 15.5 Å². The number of rotatable bonds is 10. The molecular weight excluding hydrogens is 400 g/mol. The first-order chi connectivity index (χ1) is 13.0. The number of amides is 1. The fourth-order valence-electron chi connectivity index (χ4n) is 3.34. The van der Waals surface area contributed by atoms with Crippen molar-refractivity contribution in [3.05, 3.63) is 23.8 Å². The van der Waals surface area contributed by atoms with Crippen molar-refractivity contribution in [1.82, 2.24) is 14.9 Å². The predicted octanol–water partition coefficient (Wildman–Crippen LogP) is 2.08. The van der Waals surface area contributed by atoms with Gasteiger partial charge in [-0.15, -0.1) is 12.4 Å². The van der Waals surface area contributed by atoms with E-state index in [1.165, 1.54) is 10.4 Å². The Hall–Kier alpha value is -1.35. The van der Waals surface area contributed by atoms with Gasteiger partial charge in [-0.2, -0.15) is 4.31 Å². The summed E-state index contributed by atoms with van der Waals surface area (Å²) in [4.78, 5) is 15.1. The smallest absolute Gasteiger partial charge is 0.253 e. The summed E-state index contributed by atoms with van der Waals surface area (Å²) in [5.41, 5.74) is 1.24. The van der Waals surface area contributed by atoms with Crippen LogP contribution in [0.4, 0.5) is 5.69 Å². The Labute approximate surface area is 175 Å². The van der Waals surface area contributed by atoms with E-state index in [0.717, 1.165) is 38.2 Å². The second-order valence-electron chi connectivity index (χ2n) is 6.57. The summed E-state index contributed by atoms with van der Waals surface area (Å²) in [6.45, 7) is 10.2. The average molecular weight is 433 g/mol. The molecule has 0 unspecified atom stereocenters. The van der Waals surface area contributed by atoms with E-state index >= 15 is 0 Å². The largest absolute Gasteiger partial charge is 0.371 e. The molecule has 1 aliphatic heterocycles. The highest BCUT2D eigenvalue weighted by molar-refractivity contribution is 7.89. The Morgan fingerprint density at radius 2 is 1.75 bits per heavy atom. The van der Waals surface area contributed by atoms with E-state index in [4.69, 9.17) is 0 Å². The summed E-state index contributed by atoms with van der Waals surface area (Å²) in [5, 5.41) is 6.06. The molecule has 2 rings (SSSR count). The van der Waals surface area contributed by atoms with E-state index in [0.29, 0.717) is 31.7 Å². The van der Waals surface area contributed by atoms with Crippen LogP contribution in [-0.4, -0.2) is 64.4 Å². The zero-order valence-corrected chi connectivity index (χ0v) is 18.7. The summed E-state index contributed by atoms with van der Waals surface area (Å²) in [7, 11) is -3.60. The highest BCUT2D eigenvalue weighted by Gasteiger charge is 2.26. The van der Waals surface area contributed by atoms with Gasteiger partial charge in [0.15, 0.2) is 0 Å². The number of likely N-dealkylation sites (N-methyl/N-ethyl adjacent to an activating group) is 1. The first-order valence-electron chi connectivity index (χ1n) is 9.83. The van der Waals surface area contributed by atoms with E-state index < -0.39 is 10.0 Å². The van der Waals surface area contributed by atoms with E-state index in [1.54, 1.807) is 12.1 Å². The molecule has 0 spiro atoms. The van der Waals surface area contributed by atoms with Crippen LogP contribution in [0.25, 0.3) is 0 Å². The van der Waals surface area contributed by atoms with Crippen LogP contribution in [0, 0.1) is 0 Å². The van der Waals surface area contributed by atoms with Gasteiger partial charge in [-0.1, -0.05) is 20.8 Å². The summed E-state index contributed by atoms with van der Waals surface area (Å²) >= 11 is 0. The van der Waals surface area contributed by atoms with Crippen molar-refractivity contribution in [2.75, 3.05) is 50.7 Å². The third kappa shape index (κ3) is 5.83. The van der Waals surface area contributed by atoms with Crippen molar-refractivity contribution in [3.63, 3.8) is 0 Å². The van der Waals surface area contributed by atoms with Crippen molar-refractivity contribution < 1.29 is 13.2 Å². The molecule has 28 heavy (non-hydrogen) atoms. The molecule has 9 heteroatoms. The highest BCUT2D eigenvalue weighted by atomic mass is 35.5. The Morgan fingerprint density at radius 3 is 2.32 bits per heavy atom. The van der Waals surface area contributed by atoms with Gasteiger partial charge in [-0.3, -0.25) is 4.79 Å². The minimum Gasteiger partial charge on any atom is -0.371 e. The maximum absolute atomic E-state index is 12.9. The van der Waals surface area contributed by atoms with Gasteiger partial charge in [0.1, 0.15) is 0 Å². The number of carbonyl (C=O) groups is 1. The summed E-state index contributed by atoms with van der Waals surface area (Å²) < 4.78 is 27.2. The highest BCUT2D eigenvalue weighted by Crippen LogP contribution is 2.28. The van der Waals surface area contributed by atoms with Gasteiger partial charge in [-0.05, 0) is 37.6 Å². The maximum atomic E-state index is 12.9. The first kappa shape index (κ1) is 24.7. The number of halogens is 1. The lowest BCUT2D eigenvalue weighted by molar-refractivity contribution is 0.0954. The van der Waals surface area contributed by atoms with Gasteiger partial charge in [-0.25, -0.2) is 8.42 Å². The monoisotopic (exact) mass is 432 g/mol. The fourth-order valence-corrected chi connectivity index (χ4v) is 4.83. The lowest BCUT2D eigenvalue weighted by Crippen LogP contribution is -2.34. The van der Waals surface area contributed by atoms with E-state index in [2.05, 4.69) is 15.5 Å². The van der Waals surface area contributed by atoms with E-state index in [9.17, 15) is 13.2 Å². The van der Waals surface area contributed by atoms with Crippen molar-refractivity contribution in [1.29, 1.82) is 0 Å². The molecule has 1 aliphatic rings. The van der Waals surface area contributed by atoms with Crippen molar-refractivity contribution in [2.45, 2.75) is 38.5 Å². The van der Waals surface area contributed by atoms with Crippen LogP contribution in [0.2, 0.25) is 0 Å². The number of nitrogens with one attached hydrogen (secondary N) is 2. The van der Waals surface area contributed by atoms with Crippen LogP contribution >= 0.6 is 12.4 Å². The van der Waals surface area contributed by atoms with E-state index in [1.807, 2.05) is 20.8 Å². The Morgan fingerprint density at radius 1 is 1.11 bits per heavy atom. The maximum Gasteiger partial charge on any atom is 0.253 e. The van der Waals surface area contributed by atoms with Crippen LogP contribution in [0.3, 0.4) is 0 Å². The Bertz CT molecular complexity index is 733. The number of anilines is 1. The number of nitrogens with zero attached hydrogens (tertiary/aromatic N) is 2. The van der Waals surface area contributed by atoms with Crippen LogP contribution in [0.5, 0.6) is 0 Å². The van der Waals surface area contributed by atoms with Crippen molar-refractivity contribution in [3.8, 4) is 0 Å². The molecule has 0 bridgehead atoms. The second kappa shape index (κ2) is 11.6. The minimum absolute atomic E-state index is 0. The van der Waals surface area contributed by atoms with Gasteiger partial charge in [0, 0.05) is 45.0 Å². The van der Waals surface area contributed by atoms with Gasteiger partial charge < -0.3 is 15.5 Å². The first-order valence-corrected chi connectivity index (χ1v) is 11.3. The zero-order chi connectivity index (χ0) is 19.9. The molecule has 1 aromatic carbocycles. The molecule has 7 nitrogen and oxygen atoms in total. The van der Waals surface area contributed by atoms with Crippen molar-refractivity contribution in [2.24, 2.45) is 0 Å². The molecule has 0 radical (unpaired) electrons. The average Bonchev–Trinajstić information content (AvgIpc) is 3.20. The zero-order valence-electron chi connectivity index (χ0n) is 17.0. The molecule has 1 fully saturated rings. The number of carbonyl (C=O) groups excluding carboxylic acids is 1. The molecule has 1 heterocycles. The van der Waals surface area contributed by atoms with E-state index in [-0.39, 0.29) is 23.2 Å². The number of hydrogen-bond acceptors (Lipinski definition) is 5. The van der Waals surface area contributed by atoms with Crippen LogP contribution in [0.15, 0.2) is 23.1 Å². The van der Waals surface area contributed by atoms with Gasteiger partial charge >= 0.3 is 0 Å². The molecule has 1 saturated heterocycles. The van der Waals surface area contributed by atoms with Gasteiger partial charge in [0.25, 0.3) is 5.91 Å². The molecule has 0 aromatic heterocycles. The van der Waals surface area contributed by atoms with Gasteiger partial charge in [0.05, 0.1) is 10.5 Å². The minimum atomic E-state index is -3.60. The summed E-state index contributed by atoms with van der Waals surface area (Å²) in [5.74, 6) is -0.230. The quantitative estimate of drug-likeness (QED) is 0.553. The Kier molecular flexibility index (Phi) is 10.2. The third-order valence-corrected chi connectivity index (χ3v) is 6.89. The summed E-state index contributed by atoms with van der Waals surface area (Å²) in [6, 6.07) is 4.93. The number of hydrogen-bond donors (Lipinski definition) is 2. The van der Waals surface area contributed by atoms with Gasteiger partial charge in [0.2, 0.25) is 10.0 Å². The fraction of sp³-hybridized carbons (Fsp3) is 0.632. The molecule has 0 atom stereocenters. The topological polar surface area (TPSA) is 81.7 Å². The Balaban J connectivity index is 0.00000392. The number of sulfonamides is 1. The molecule has 0 aliphatic carbocycles. The second-order valence-corrected chi connectivity index (χ2v) is 8.51. The van der Waals surface area contributed by atoms with Crippen molar-refractivity contribution >= 4 is 34.0 Å². The normalized spacial score (nSPS) is 14.2. The predicted molar refractivity (Wildman–Crippen MR) is 116 cm³/mol. The lowest BCUT2D eigenvalue weighted by atomic mass is 10.1. The van der Waals surface area contributed by atoms with Crippen LogP contribution in [-0.2, 0) is 10.0 Å². The summed E-state index contributed by atoms with van der Waals surface area (Å²) in [6.07, 6.45) is 2.17. The molecule has 160 valence electrons.